The first kappa shape index (κ1) is 10.4. The number of rotatable bonds is 2. The van der Waals surface area contributed by atoms with Crippen LogP contribution in [0.4, 0.5) is 0 Å². The molecule has 2 N–H and O–H groups in total. The first-order valence-electron chi connectivity index (χ1n) is 5.08. The summed E-state index contributed by atoms with van der Waals surface area (Å²) in [6, 6.07) is 10.9. The highest BCUT2D eigenvalue weighted by atomic mass is 32.1. The topological polar surface area (TPSA) is 26.0 Å². The van der Waals surface area contributed by atoms with Crippen LogP contribution in [0.1, 0.15) is 24.1 Å². The Balaban J connectivity index is 2.37. The van der Waals surface area contributed by atoms with Gasteiger partial charge in [-0.2, -0.15) is 0 Å². The van der Waals surface area contributed by atoms with E-state index in [1.165, 1.54) is 21.6 Å². The average Bonchev–Trinajstić information content (AvgIpc) is 2.66. The largest absolute Gasteiger partial charge is 0.324 e. The van der Waals surface area contributed by atoms with Gasteiger partial charge < -0.3 is 5.73 Å². The SMILES string of the molecule is Cc1cccc(-c2cc(C(C)N)cs2)c1. The van der Waals surface area contributed by atoms with Gasteiger partial charge in [-0.05, 0) is 36.4 Å². The standard InChI is InChI=1S/C13H15NS/c1-9-4-3-5-11(6-9)13-7-12(8-15-13)10(2)14/h3-8,10H,14H2,1-2H3. The summed E-state index contributed by atoms with van der Waals surface area (Å²) in [5.41, 5.74) is 9.64. The molecule has 15 heavy (non-hydrogen) atoms. The Morgan fingerprint density at radius 2 is 2.07 bits per heavy atom. The number of benzene rings is 1. The minimum atomic E-state index is 0.125. The van der Waals surface area contributed by atoms with Gasteiger partial charge in [0.15, 0.2) is 0 Å². The van der Waals surface area contributed by atoms with Crippen LogP contribution in [-0.4, -0.2) is 0 Å². The summed E-state index contributed by atoms with van der Waals surface area (Å²) in [5, 5.41) is 2.14. The first-order chi connectivity index (χ1) is 7.16. The molecule has 0 aliphatic carbocycles. The fraction of sp³-hybridized carbons (Fsp3) is 0.231. The minimum absolute atomic E-state index is 0.125. The lowest BCUT2D eigenvalue weighted by Crippen LogP contribution is -2.02. The summed E-state index contributed by atoms with van der Waals surface area (Å²) in [5.74, 6) is 0. The van der Waals surface area contributed by atoms with E-state index < -0.39 is 0 Å². The molecule has 0 aliphatic heterocycles. The summed E-state index contributed by atoms with van der Waals surface area (Å²) in [4.78, 5) is 1.30. The third-order valence-electron chi connectivity index (χ3n) is 2.45. The summed E-state index contributed by atoms with van der Waals surface area (Å²) in [6.07, 6.45) is 0. The fourth-order valence-electron chi connectivity index (χ4n) is 1.54. The molecule has 0 saturated carbocycles. The average molecular weight is 217 g/mol. The second kappa shape index (κ2) is 4.17. The Bertz CT molecular complexity index is 457. The summed E-state index contributed by atoms with van der Waals surface area (Å²) < 4.78 is 0. The molecular formula is C13H15NS. The number of nitrogens with two attached hydrogens (primary N) is 1. The highest BCUT2D eigenvalue weighted by Gasteiger charge is 2.05. The number of hydrogen-bond donors (Lipinski definition) is 1. The van der Waals surface area contributed by atoms with Crippen molar-refractivity contribution in [1.82, 2.24) is 0 Å². The van der Waals surface area contributed by atoms with E-state index in [2.05, 4.69) is 42.6 Å². The predicted octanol–water partition coefficient (Wildman–Crippen LogP) is 3.74. The normalized spacial score (nSPS) is 12.7. The van der Waals surface area contributed by atoms with E-state index in [1.807, 2.05) is 6.92 Å². The van der Waals surface area contributed by atoms with Crippen molar-refractivity contribution >= 4 is 11.3 Å². The van der Waals surface area contributed by atoms with Crippen molar-refractivity contribution < 1.29 is 0 Å². The predicted molar refractivity (Wildman–Crippen MR) is 67.1 cm³/mol. The van der Waals surface area contributed by atoms with Crippen LogP contribution >= 0.6 is 11.3 Å². The molecule has 1 aromatic heterocycles. The Morgan fingerprint density at radius 1 is 1.27 bits per heavy atom. The van der Waals surface area contributed by atoms with Gasteiger partial charge in [-0.1, -0.05) is 29.8 Å². The second-order valence-corrected chi connectivity index (χ2v) is 4.81. The zero-order chi connectivity index (χ0) is 10.8. The highest BCUT2D eigenvalue weighted by Crippen LogP contribution is 2.29. The molecule has 78 valence electrons. The van der Waals surface area contributed by atoms with Crippen molar-refractivity contribution in [1.29, 1.82) is 0 Å². The molecule has 2 rings (SSSR count). The third-order valence-corrected chi connectivity index (χ3v) is 3.45. The van der Waals surface area contributed by atoms with E-state index in [0.717, 1.165) is 0 Å². The molecular weight excluding hydrogens is 202 g/mol. The molecule has 1 aromatic carbocycles. The quantitative estimate of drug-likeness (QED) is 0.814. The van der Waals surface area contributed by atoms with E-state index in [0.29, 0.717) is 0 Å². The van der Waals surface area contributed by atoms with E-state index in [4.69, 9.17) is 5.73 Å². The van der Waals surface area contributed by atoms with Crippen LogP contribution in [-0.2, 0) is 0 Å². The lowest BCUT2D eigenvalue weighted by atomic mass is 10.1. The van der Waals surface area contributed by atoms with E-state index >= 15 is 0 Å². The molecule has 0 amide bonds. The van der Waals surface area contributed by atoms with Crippen molar-refractivity contribution in [3.05, 3.63) is 46.8 Å². The van der Waals surface area contributed by atoms with Gasteiger partial charge in [-0.25, -0.2) is 0 Å². The Morgan fingerprint density at radius 3 is 2.67 bits per heavy atom. The first-order valence-corrected chi connectivity index (χ1v) is 5.96. The molecule has 2 heteroatoms. The number of hydrogen-bond acceptors (Lipinski definition) is 2. The number of thiophene rings is 1. The van der Waals surface area contributed by atoms with Gasteiger partial charge in [0.25, 0.3) is 0 Å². The molecule has 2 aromatic rings. The maximum Gasteiger partial charge on any atom is 0.0346 e. The van der Waals surface area contributed by atoms with Crippen molar-refractivity contribution in [2.45, 2.75) is 19.9 Å². The van der Waals surface area contributed by atoms with Crippen molar-refractivity contribution in [2.24, 2.45) is 5.73 Å². The van der Waals surface area contributed by atoms with Crippen LogP contribution in [0.25, 0.3) is 10.4 Å². The van der Waals surface area contributed by atoms with Crippen LogP contribution in [0.15, 0.2) is 35.7 Å². The van der Waals surface area contributed by atoms with Crippen LogP contribution in [0.5, 0.6) is 0 Å². The van der Waals surface area contributed by atoms with E-state index in [9.17, 15) is 0 Å². The molecule has 0 spiro atoms. The van der Waals surface area contributed by atoms with E-state index in [1.54, 1.807) is 11.3 Å². The van der Waals surface area contributed by atoms with E-state index in [-0.39, 0.29) is 6.04 Å². The van der Waals surface area contributed by atoms with Crippen molar-refractivity contribution in [3.63, 3.8) is 0 Å². The molecule has 1 heterocycles. The van der Waals surface area contributed by atoms with Crippen LogP contribution in [0, 0.1) is 6.92 Å². The summed E-state index contributed by atoms with van der Waals surface area (Å²) >= 11 is 1.76. The molecule has 1 atom stereocenters. The highest BCUT2D eigenvalue weighted by molar-refractivity contribution is 7.13. The molecule has 0 saturated heterocycles. The van der Waals surface area contributed by atoms with Crippen molar-refractivity contribution in [3.8, 4) is 10.4 Å². The lowest BCUT2D eigenvalue weighted by Gasteiger charge is -2.00. The zero-order valence-electron chi connectivity index (χ0n) is 9.03. The second-order valence-electron chi connectivity index (χ2n) is 3.90. The van der Waals surface area contributed by atoms with Gasteiger partial charge in [-0.3, -0.25) is 0 Å². The summed E-state index contributed by atoms with van der Waals surface area (Å²) in [7, 11) is 0. The molecule has 0 radical (unpaired) electrons. The lowest BCUT2D eigenvalue weighted by molar-refractivity contribution is 0.823. The van der Waals surface area contributed by atoms with Gasteiger partial charge in [0.05, 0.1) is 0 Å². The monoisotopic (exact) mass is 217 g/mol. The Kier molecular flexibility index (Phi) is 2.89. The molecule has 0 aliphatic rings. The molecule has 1 nitrogen and oxygen atoms in total. The Labute approximate surface area is 94.6 Å². The zero-order valence-corrected chi connectivity index (χ0v) is 9.84. The van der Waals surface area contributed by atoms with Gasteiger partial charge in [0.1, 0.15) is 0 Å². The van der Waals surface area contributed by atoms with Crippen molar-refractivity contribution in [2.75, 3.05) is 0 Å². The van der Waals surface area contributed by atoms with Crippen LogP contribution in [0.2, 0.25) is 0 Å². The van der Waals surface area contributed by atoms with Crippen LogP contribution in [0.3, 0.4) is 0 Å². The maximum absolute atomic E-state index is 5.84. The van der Waals surface area contributed by atoms with Gasteiger partial charge >= 0.3 is 0 Å². The van der Waals surface area contributed by atoms with Crippen LogP contribution < -0.4 is 5.73 Å². The molecule has 0 fully saturated rings. The molecule has 1 unspecified atom stereocenters. The smallest absolute Gasteiger partial charge is 0.0346 e. The maximum atomic E-state index is 5.84. The fourth-order valence-corrected chi connectivity index (χ4v) is 2.55. The number of aryl methyl sites for hydroxylation is 1. The van der Waals surface area contributed by atoms with Gasteiger partial charge in [0, 0.05) is 10.9 Å². The summed E-state index contributed by atoms with van der Waals surface area (Å²) in [6.45, 7) is 4.13. The Hall–Kier alpha value is -1.12. The van der Waals surface area contributed by atoms with Gasteiger partial charge in [-0.15, -0.1) is 11.3 Å². The van der Waals surface area contributed by atoms with Gasteiger partial charge in [0.2, 0.25) is 0 Å². The third kappa shape index (κ3) is 2.28. The minimum Gasteiger partial charge on any atom is -0.324 e. The molecule has 0 bridgehead atoms.